The molecule has 0 bridgehead atoms. The Bertz CT molecular complexity index is 1310. The van der Waals surface area contributed by atoms with Crippen molar-refractivity contribution < 1.29 is 37.7 Å². The zero-order chi connectivity index (χ0) is 28.2. The van der Waals surface area contributed by atoms with E-state index in [1.165, 1.54) is 6.20 Å². The summed E-state index contributed by atoms with van der Waals surface area (Å²) in [6.07, 6.45) is 2.50. The maximum atomic E-state index is 13.4. The van der Waals surface area contributed by atoms with Crippen LogP contribution in [-0.2, 0) is 4.79 Å². The number of likely N-dealkylation sites (tertiary alicyclic amines) is 1. The molecular weight excluding hydrogens is 537 g/mol. The maximum absolute atomic E-state index is 13.4. The molecule has 11 heteroatoms. The second-order valence-corrected chi connectivity index (χ2v) is 10.3. The van der Waals surface area contributed by atoms with Gasteiger partial charge in [-0.15, -0.1) is 0 Å². The second-order valence-electron chi connectivity index (χ2n) is 9.92. The average molecular weight is 567 g/mol. The van der Waals surface area contributed by atoms with Gasteiger partial charge in [-0.05, 0) is 62.4 Å². The zero-order valence-corrected chi connectivity index (χ0v) is 22.2. The lowest BCUT2D eigenvalue weighted by Crippen LogP contribution is -2.42. The number of carboxylic acid groups (broad SMARTS) is 1. The van der Waals surface area contributed by atoms with Crippen molar-refractivity contribution in [2.75, 3.05) is 33.4 Å². The minimum absolute atomic E-state index is 0.0309. The highest BCUT2D eigenvalue weighted by atomic mass is 35.5. The van der Waals surface area contributed by atoms with Gasteiger partial charge in [0.05, 0.1) is 30.2 Å². The fourth-order valence-electron chi connectivity index (χ4n) is 5.22. The molecule has 4 rings (SSSR count). The van der Waals surface area contributed by atoms with E-state index in [2.05, 4.69) is 9.88 Å². The molecule has 1 aromatic heterocycles. The number of aromatic nitrogens is 1. The summed E-state index contributed by atoms with van der Waals surface area (Å²) in [5.74, 6) is -4.57. The van der Waals surface area contributed by atoms with E-state index in [1.54, 1.807) is 25.3 Å². The minimum atomic E-state index is -1.54. The van der Waals surface area contributed by atoms with Gasteiger partial charge in [0, 0.05) is 35.8 Å². The van der Waals surface area contributed by atoms with Crippen molar-refractivity contribution in [1.82, 2.24) is 9.88 Å². The van der Waals surface area contributed by atoms with Gasteiger partial charge < -0.3 is 19.7 Å². The van der Waals surface area contributed by atoms with Gasteiger partial charge in [0.25, 0.3) is 0 Å². The number of fused-ring (bicyclic) bond motifs is 1. The van der Waals surface area contributed by atoms with Crippen LogP contribution in [0, 0.1) is 22.9 Å². The molecule has 1 atom stereocenters. The molecule has 1 aliphatic rings. The van der Waals surface area contributed by atoms with Crippen molar-refractivity contribution in [2.24, 2.45) is 5.41 Å². The van der Waals surface area contributed by atoms with Crippen molar-refractivity contribution in [3.8, 4) is 11.5 Å². The Morgan fingerprint density at radius 3 is 2.49 bits per heavy atom. The van der Waals surface area contributed by atoms with E-state index in [-0.39, 0.29) is 18.8 Å². The van der Waals surface area contributed by atoms with E-state index < -0.39 is 34.9 Å². The molecule has 1 saturated heterocycles. The molecule has 2 N–H and O–H groups in total. The summed E-state index contributed by atoms with van der Waals surface area (Å²) in [6, 6.07) is 6.93. The molecule has 0 spiro atoms. The predicted octanol–water partition coefficient (Wildman–Crippen LogP) is 5.76. The van der Waals surface area contributed by atoms with E-state index in [0.717, 1.165) is 12.1 Å². The molecule has 2 heterocycles. The van der Waals surface area contributed by atoms with E-state index in [1.807, 2.05) is 0 Å². The first-order valence-electron chi connectivity index (χ1n) is 12.6. The topological polar surface area (TPSA) is 92.1 Å². The van der Waals surface area contributed by atoms with Gasteiger partial charge in [0.1, 0.15) is 18.1 Å². The normalized spacial score (nSPS) is 16.3. The SMILES string of the molecule is COc1ccc2ncc(Cl)c([C@H](O)CCC3(CC(=O)O)CCN(CCOc4cc(F)c(F)c(F)c4)CC3)c2c1. The summed E-state index contributed by atoms with van der Waals surface area (Å²) in [5, 5.41) is 21.8. The lowest BCUT2D eigenvalue weighted by Gasteiger charge is -2.41. The molecule has 0 unspecified atom stereocenters. The number of methoxy groups -OCH3 is 1. The Kier molecular flexibility index (Phi) is 9.19. The third-order valence-corrected chi connectivity index (χ3v) is 7.73. The van der Waals surface area contributed by atoms with Crippen LogP contribution in [0.1, 0.15) is 43.8 Å². The zero-order valence-electron chi connectivity index (χ0n) is 21.4. The highest BCUT2D eigenvalue weighted by Gasteiger charge is 2.37. The standard InChI is InChI=1S/C28H30ClF3N2O5/c1-38-17-2-3-23-19(12-17)26(20(29)16-33-23)24(35)4-5-28(15-25(36)37)6-8-34(9-7-28)10-11-39-18-13-21(30)27(32)22(31)14-18/h2-3,12-14,16,24,35H,4-11,15H2,1H3,(H,36,37)/t24-/m1/s1. The first kappa shape index (κ1) is 28.9. The summed E-state index contributed by atoms with van der Waals surface area (Å²) >= 11 is 6.43. The van der Waals surface area contributed by atoms with Crippen LogP contribution in [0.5, 0.6) is 11.5 Å². The van der Waals surface area contributed by atoms with Crippen LogP contribution in [0.4, 0.5) is 13.2 Å². The molecule has 1 fully saturated rings. The fraction of sp³-hybridized carbons (Fsp3) is 0.429. The number of benzene rings is 2. The van der Waals surface area contributed by atoms with Crippen LogP contribution in [0.25, 0.3) is 10.9 Å². The molecule has 0 amide bonds. The quantitative estimate of drug-likeness (QED) is 0.285. The number of carboxylic acids is 1. The monoisotopic (exact) mass is 566 g/mol. The molecule has 0 aliphatic carbocycles. The van der Waals surface area contributed by atoms with Gasteiger partial charge in [-0.25, -0.2) is 13.2 Å². The maximum Gasteiger partial charge on any atom is 0.303 e. The number of carbonyl (C=O) groups is 1. The molecular formula is C28H30ClF3N2O5. The Balaban J connectivity index is 1.38. The number of hydrogen-bond acceptors (Lipinski definition) is 6. The molecule has 39 heavy (non-hydrogen) atoms. The third kappa shape index (κ3) is 6.93. The number of piperidine rings is 1. The van der Waals surface area contributed by atoms with Crippen molar-refractivity contribution >= 4 is 28.5 Å². The minimum Gasteiger partial charge on any atom is -0.497 e. The average Bonchev–Trinajstić information content (AvgIpc) is 2.90. The van der Waals surface area contributed by atoms with Gasteiger partial charge in [0.15, 0.2) is 17.5 Å². The molecule has 210 valence electrons. The molecule has 1 aliphatic heterocycles. The summed E-state index contributed by atoms with van der Waals surface area (Å²) in [6.45, 7) is 1.77. The Morgan fingerprint density at radius 2 is 1.85 bits per heavy atom. The number of pyridine rings is 1. The Hall–Kier alpha value is -3.08. The number of hydrogen-bond donors (Lipinski definition) is 2. The number of aliphatic carboxylic acids is 1. The first-order chi connectivity index (χ1) is 18.6. The lowest BCUT2D eigenvalue weighted by molar-refractivity contribution is -0.141. The number of aliphatic hydroxyl groups excluding tert-OH is 1. The molecule has 7 nitrogen and oxygen atoms in total. The summed E-state index contributed by atoms with van der Waals surface area (Å²) in [5.41, 5.74) is 0.686. The molecule has 3 aromatic rings. The number of nitrogens with zero attached hydrogens (tertiary/aromatic N) is 2. The largest absolute Gasteiger partial charge is 0.497 e. The predicted molar refractivity (Wildman–Crippen MR) is 140 cm³/mol. The van der Waals surface area contributed by atoms with Crippen LogP contribution in [-0.4, -0.2) is 59.4 Å². The first-order valence-corrected chi connectivity index (χ1v) is 13.0. The van der Waals surface area contributed by atoms with Crippen molar-refractivity contribution in [3.63, 3.8) is 0 Å². The van der Waals surface area contributed by atoms with E-state index in [0.29, 0.717) is 72.6 Å². The molecule has 2 aromatic carbocycles. The number of ether oxygens (including phenoxy) is 2. The molecule has 0 saturated carbocycles. The third-order valence-electron chi connectivity index (χ3n) is 7.43. The summed E-state index contributed by atoms with van der Waals surface area (Å²) in [4.78, 5) is 18.1. The van der Waals surface area contributed by atoms with Crippen molar-refractivity contribution in [3.05, 3.63) is 64.6 Å². The van der Waals surface area contributed by atoms with E-state index in [4.69, 9.17) is 21.1 Å². The van der Waals surface area contributed by atoms with Gasteiger partial charge in [-0.2, -0.15) is 0 Å². The van der Waals surface area contributed by atoms with Gasteiger partial charge in [-0.1, -0.05) is 11.6 Å². The van der Waals surface area contributed by atoms with Crippen LogP contribution >= 0.6 is 11.6 Å². The molecule has 0 radical (unpaired) electrons. The van der Waals surface area contributed by atoms with Crippen molar-refractivity contribution in [2.45, 2.75) is 38.2 Å². The van der Waals surface area contributed by atoms with Crippen LogP contribution in [0.2, 0.25) is 5.02 Å². The highest BCUT2D eigenvalue weighted by molar-refractivity contribution is 6.32. The Labute approximate surface area is 229 Å². The van der Waals surface area contributed by atoms with Crippen LogP contribution < -0.4 is 9.47 Å². The second kappa shape index (κ2) is 12.4. The highest BCUT2D eigenvalue weighted by Crippen LogP contribution is 2.43. The number of halogens is 4. The fourth-order valence-corrected chi connectivity index (χ4v) is 5.49. The van der Waals surface area contributed by atoms with Gasteiger partial charge >= 0.3 is 5.97 Å². The van der Waals surface area contributed by atoms with E-state index in [9.17, 15) is 28.2 Å². The Morgan fingerprint density at radius 1 is 1.15 bits per heavy atom. The summed E-state index contributed by atoms with van der Waals surface area (Å²) in [7, 11) is 1.55. The van der Waals surface area contributed by atoms with Gasteiger partial charge in [-0.3, -0.25) is 14.7 Å². The lowest BCUT2D eigenvalue weighted by atomic mass is 9.71. The van der Waals surface area contributed by atoms with Crippen LogP contribution in [0.15, 0.2) is 36.5 Å². The number of aliphatic hydroxyl groups is 1. The van der Waals surface area contributed by atoms with Crippen LogP contribution in [0.3, 0.4) is 0 Å². The summed E-state index contributed by atoms with van der Waals surface area (Å²) < 4.78 is 50.6. The van der Waals surface area contributed by atoms with Gasteiger partial charge in [0.2, 0.25) is 0 Å². The smallest absolute Gasteiger partial charge is 0.303 e. The number of rotatable bonds is 11. The van der Waals surface area contributed by atoms with E-state index >= 15 is 0 Å². The van der Waals surface area contributed by atoms with Crippen molar-refractivity contribution in [1.29, 1.82) is 0 Å².